The van der Waals surface area contributed by atoms with E-state index >= 15 is 0 Å². The second-order valence-electron chi connectivity index (χ2n) is 4.95. The fraction of sp³-hybridized carbons (Fsp3) is 0.667. The van der Waals surface area contributed by atoms with Crippen molar-refractivity contribution in [3.05, 3.63) is 12.7 Å². The van der Waals surface area contributed by atoms with Crippen molar-refractivity contribution in [2.75, 3.05) is 6.61 Å². The zero-order valence-corrected chi connectivity index (χ0v) is 12.4. The van der Waals surface area contributed by atoms with Gasteiger partial charge in [-0.15, -0.1) is 0 Å². The SMILES string of the molecule is C=CC(=O)OCCCC.O=C(O)C1CCC(C(=O)O)CC1. The number of carbonyl (C=O) groups excluding carboxylic acids is 1. The minimum Gasteiger partial charge on any atom is -0.481 e. The molecule has 21 heavy (non-hydrogen) atoms. The lowest BCUT2D eigenvalue weighted by Gasteiger charge is -2.22. The predicted molar refractivity (Wildman–Crippen MR) is 76.8 cm³/mol. The molecule has 1 saturated carbocycles. The molecule has 0 radical (unpaired) electrons. The molecule has 0 aromatic carbocycles. The lowest BCUT2D eigenvalue weighted by molar-refractivity contribution is -0.148. The summed E-state index contributed by atoms with van der Waals surface area (Å²) in [6.45, 7) is 5.82. The number of carboxylic acid groups (broad SMARTS) is 2. The van der Waals surface area contributed by atoms with Crippen LogP contribution in [0.15, 0.2) is 12.7 Å². The Labute approximate surface area is 124 Å². The number of aliphatic carboxylic acids is 2. The molecule has 0 aliphatic heterocycles. The van der Waals surface area contributed by atoms with Gasteiger partial charge in [0.2, 0.25) is 0 Å². The van der Waals surface area contributed by atoms with E-state index in [-0.39, 0.29) is 17.8 Å². The van der Waals surface area contributed by atoms with E-state index in [0.717, 1.165) is 12.8 Å². The molecule has 1 fully saturated rings. The zero-order valence-electron chi connectivity index (χ0n) is 12.4. The third-order valence-electron chi connectivity index (χ3n) is 3.33. The Morgan fingerprint density at radius 3 is 1.81 bits per heavy atom. The average Bonchev–Trinajstić information content (AvgIpc) is 2.48. The molecule has 0 heterocycles. The molecule has 1 aliphatic carbocycles. The van der Waals surface area contributed by atoms with Crippen LogP contribution in [0.2, 0.25) is 0 Å². The minimum absolute atomic E-state index is 0.319. The van der Waals surface area contributed by atoms with Crippen LogP contribution in [-0.2, 0) is 19.1 Å². The molecule has 6 heteroatoms. The number of carboxylic acids is 2. The van der Waals surface area contributed by atoms with Crippen LogP contribution in [0.1, 0.15) is 45.4 Å². The highest BCUT2D eigenvalue weighted by Gasteiger charge is 2.29. The van der Waals surface area contributed by atoms with Gasteiger partial charge in [0, 0.05) is 6.08 Å². The smallest absolute Gasteiger partial charge is 0.330 e. The van der Waals surface area contributed by atoms with Gasteiger partial charge < -0.3 is 14.9 Å². The Balaban J connectivity index is 0.000000400. The molecule has 2 N–H and O–H groups in total. The molecule has 0 saturated heterocycles. The van der Waals surface area contributed by atoms with Crippen molar-refractivity contribution in [3.63, 3.8) is 0 Å². The summed E-state index contributed by atoms with van der Waals surface area (Å²) in [5, 5.41) is 17.2. The molecule has 0 atom stereocenters. The van der Waals surface area contributed by atoms with Crippen LogP contribution in [0.3, 0.4) is 0 Å². The molecule has 0 amide bonds. The van der Waals surface area contributed by atoms with E-state index < -0.39 is 11.9 Å². The van der Waals surface area contributed by atoms with Crippen molar-refractivity contribution < 1.29 is 29.3 Å². The third kappa shape index (κ3) is 8.83. The van der Waals surface area contributed by atoms with E-state index in [9.17, 15) is 14.4 Å². The van der Waals surface area contributed by atoms with Gasteiger partial charge in [0.25, 0.3) is 0 Å². The topological polar surface area (TPSA) is 101 Å². The molecular formula is C15H24O6. The molecule has 0 aromatic heterocycles. The van der Waals surface area contributed by atoms with E-state index in [1.54, 1.807) is 0 Å². The largest absolute Gasteiger partial charge is 0.481 e. The first-order valence-electron chi connectivity index (χ1n) is 7.17. The van der Waals surface area contributed by atoms with Crippen molar-refractivity contribution in [2.45, 2.75) is 45.4 Å². The molecule has 0 unspecified atom stereocenters. The lowest BCUT2D eigenvalue weighted by Crippen LogP contribution is -2.25. The van der Waals surface area contributed by atoms with E-state index in [1.807, 2.05) is 6.92 Å². The summed E-state index contributed by atoms with van der Waals surface area (Å²) >= 11 is 0. The molecule has 1 aliphatic rings. The van der Waals surface area contributed by atoms with Crippen molar-refractivity contribution in [1.29, 1.82) is 0 Å². The van der Waals surface area contributed by atoms with Gasteiger partial charge in [-0.25, -0.2) is 4.79 Å². The Morgan fingerprint density at radius 1 is 1.10 bits per heavy atom. The second kappa shape index (κ2) is 10.9. The van der Waals surface area contributed by atoms with Crippen molar-refractivity contribution in [1.82, 2.24) is 0 Å². The number of carbonyl (C=O) groups is 3. The maximum absolute atomic E-state index is 10.5. The molecular weight excluding hydrogens is 276 g/mol. The standard InChI is InChI=1S/C8H12O4.C7H12O2/c9-7(10)5-1-2-6(4-3-5)8(11)12;1-3-5-6-9-7(8)4-2/h5-6H,1-4H2,(H,9,10)(H,11,12);4H,2-3,5-6H2,1H3. The molecule has 0 spiro atoms. The highest BCUT2D eigenvalue weighted by Crippen LogP contribution is 2.28. The summed E-state index contributed by atoms with van der Waals surface area (Å²) in [7, 11) is 0. The molecule has 1 rings (SSSR count). The maximum Gasteiger partial charge on any atom is 0.330 e. The second-order valence-corrected chi connectivity index (χ2v) is 4.95. The van der Waals surface area contributed by atoms with Crippen LogP contribution < -0.4 is 0 Å². The van der Waals surface area contributed by atoms with Gasteiger partial charge in [-0.3, -0.25) is 9.59 Å². The first kappa shape index (κ1) is 19.1. The first-order valence-corrected chi connectivity index (χ1v) is 7.17. The summed E-state index contributed by atoms with van der Waals surface area (Å²) < 4.78 is 4.67. The summed E-state index contributed by atoms with van der Waals surface area (Å²) in [5.41, 5.74) is 0. The van der Waals surface area contributed by atoms with E-state index in [4.69, 9.17) is 10.2 Å². The number of rotatable bonds is 6. The minimum atomic E-state index is -0.793. The highest BCUT2D eigenvalue weighted by atomic mass is 16.5. The summed E-state index contributed by atoms with van der Waals surface area (Å²) in [6, 6.07) is 0. The molecule has 0 aromatic rings. The number of hydrogen-bond acceptors (Lipinski definition) is 4. The van der Waals surface area contributed by atoms with Crippen molar-refractivity contribution >= 4 is 17.9 Å². The van der Waals surface area contributed by atoms with Crippen LogP contribution in [0, 0.1) is 11.8 Å². The van der Waals surface area contributed by atoms with Crippen LogP contribution in [0.4, 0.5) is 0 Å². The normalized spacial score (nSPS) is 20.6. The van der Waals surface area contributed by atoms with Gasteiger partial charge in [0.15, 0.2) is 0 Å². The van der Waals surface area contributed by atoms with Crippen molar-refractivity contribution in [3.8, 4) is 0 Å². The molecule has 120 valence electrons. The fourth-order valence-electron chi connectivity index (χ4n) is 1.96. The van der Waals surface area contributed by atoms with Gasteiger partial charge in [0.1, 0.15) is 0 Å². The van der Waals surface area contributed by atoms with Gasteiger partial charge in [-0.1, -0.05) is 19.9 Å². The van der Waals surface area contributed by atoms with E-state index in [0.29, 0.717) is 32.3 Å². The van der Waals surface area contributed by atoms with Crippen molar-refractivity contribution in [2.24, 2.45) is 11.8 Å². The molecule has 6 nitrogen and oxygen atoms in total. The third-order valence-corrected chi connectivity index (χ3v) is 3.33. The summed E-state index contributed by atoms with van der Waals surface area (Å²) in [6.07, 6.45) is 5.18. The van der Waals surface area contributed by atoms with Gasteiger partial charge in [-0.05, 0) is 32.1 Å². The van der Waals surface area contributed by atoms with Gasteiger partial charge >= 0.3 is 17.9 Å². The van der Waals surface area contributed by atoms with E-state index in [1.165, 1.54) is 6.08 Å². The van der Waals surface area contributed by atoms with Crippen LogP contribution in [0.5, 0.6) is 0 Å². The monoisotopic (exact) mass is 300 g/mol. The Morgan fingerprint density at radius 2 is 1.52 bits per heavy atom. The first-order chi connectivity index (χ1) is 9.92. The number of esters is 1. The molecule has 0 bridgehead atoms. The van der Waals surface area contributed by atoms with Gasteiger partial charge in [-0.2, -0.15) is 0 Å². The van der Waals surface area contributed by atoms with Crippen LogP contribution >= 0.6 is 0 Å². The maximum atomic E-state index is 10.5. The van der Waals surface area contributed by atoms with Crippen LogP contribution in [0.25, 0.3) is 0 Å². The Bertz CT molecular complexity index is 333. The predicted octanol–water partition coefficient (Wildman–Crippen LogP) is 2.48. The Kier molecular flexibility index (Phi) is 9.92. The average molecular weight is 300 g/mol. The van der Waals surface area contributed by atoms with E-state index in [2.05, 4.69) is 11.3 Å². The lowest BCUT2D eigenvalue weighted by atomic mass is 9.82. The number of hydrogen-bond donors (Lipinski definition) is 2. The highest BCUT2D eigenvalue weighted by molar-refractivity contribution is 5.81. The fourth-order valence-corrected chi connectivity index (χ4v) is 1.96. The Hall–Kier alpha value is -1.85. The number of unbranched alkanes of at least 4 members (excludes halogenated alkanes) is 1. The number of ether oxygens (including phenoxy) is 1. The zero-order chi connectivity index (χ0) is 16.3. The summed E-state index contributed by atoms with van der Waals surface area (Å²) in [4.78, 5) is 31.3. The quantitative estimate of drug-likeness (QED) is 0.444. The van der Waals surface area contributed by atoms with Gasteiger partial charge in [0.05, 0.1) is 18.4 Å². The summed E-state index contributed by atoms with van der Waals surface area (Å²) in [5.74, 6) is -2.55. The van der Waals surface area contributed by atoms with Crippen LogP contribution in [-0.4, -0.2) is 34.7 Å².